The molecule has 1 fully saturated rings. The molecule has 8 heteroatoms. The van der Waals surface area contributed by atoms with Gasteiger partial charge in [0, 0.05) is 11.5 Å². The summed E-state index contributed by atoms with van der Waals surface area (Å²) in [6, 6.07) is 2.18. The van der Waals surface area contributed by atoms with Crippen molar-refractivity contribution in [2.24, 2.45) is 5.92 Å². The summed E-state index contributed by atoms with van der Waals surface area (Å²) in [4.78, 5) is 18.8. The first-order valence-corrected chi connectivity index (χ1v) is 6.22. The molecule has 0 unspecified atom stereocenters. The Labute approximate surface area is 117 Å². The van der Waals surface area contributed by atoms with E-state index in [1.165, 1.54) is 12.3 Å². The van der Waals surface area contributed by atoms with Crippen LogP contribution in [0.4, 0.5) is 19.0 Å². The van der Waals surface area contributed by atoms with Gasteiger partial charge in [0.25, 0.3) is 0 Å². The van der Waals surface area contributed by atoms with E-state index in [4.69, 9.17) is 4.42 Å². The van der Waals surface area contributed by atoms with Gasteiger partial charge in [-0.1, -0.05) is 0 Å². The highest BCUT2D eigenvalue weighted by molar-refractivity contribution is 5.93. The lowest BCUT2D eigenvalue weighted by Crippen LogP contribution is -2.16. The Morgan fingerprint density at radius 1 is 1.33 bits per heavy atom. The predicted octanol–water partition coefficient (Wildman–Crippen LogP) is 3.10. The van der Waals surface area contributed by atoms with Crippen LogP contribution in [0.25, 0.3) is 11.3 Å². The molecule has 2 aromatic rings. The summed E-state index contributed by atoms with van der Waals surface area (Å²) in [6.07, 6.45) is -0.706. The summed E-state index contributed by atoms with van der Waals surface area (Å²) in [5.74, 6) is -0.418. The second kappa shape index (κ2) is 4.87. The molecule has 1 saturated carbocycles. The zero-order chi connectivity index (χ0) is 15.0. The van der Waals surface area contributed by atoms with Gasteiger partial charge in [0.1, 0.15) is 11.5 Å². The number of carbonyl (C=O) groups is 1. The van der Waals surface area contributed by atoms with Crippen LogP contribution in [0.5, 0.6) is 0 Å². The fourth-order valence-corrected chi connectivity index (χ4v) is 1.81. The average Bonchev–Trinajstić information content (AvgIpc) is 3.13. The number of nitrogens with one attached hydrogen (secondary N) is 1. The molecule has 1 N–H and O–H groups in total. The maximum atomic E-state index is 12.9. The molecule has 0 aromatic carbocycles. The largest absolute Gasteiger partial charge is 0.444 e. The average molecular weight is 297 g/mol. The molecule has 0 spiro atoms. The van der Waals surface area contributed by atoms with Crippen LogP contribution in [0.1, 0.15) is 18.5 Å². The van der Waals surface area contributed by atoms with Crippen molar-refractivity contribution in [3.63, 3.8) is 0 Å². The number of aromatic nitrogens is 2. The van der Waals surface area contributed by atoms with Crippen LogP contribution in [0.15, 0.2) is 29.1 Å². The van der Waals surface area contributed by atoms with Gasteiger partial charge in [-0.25, -0.2) is 9.97 Å². The van der Waals surface area contributed by atoms with E-state index in [0.29, 0.717) is 0 Å². The lowest BCUT2D eigenvalue weighted by atomic mass is 10.1. The van der Waals surface area contributed by atoms with Crippen LogP contribution >= 0.6 is 0 Å². The van der Waals surface area contributed by atoms with Gasteiger partial charge in [-0.15, -0.1) is 0 Å². The third-order valence-corrected chi connectivity index (χ3v) is 3.03. The Hall–Kier alpha value is -2.38. The standard InChI is InChI=1S/C13H10F3N3O2/c14-13(15,16)10-3-8(9-5-17-6-21-9)4-11(18-10)19-12(20)7-1-2-7/h3-7H,1-2H2,(H,18,19,20). The molecule has 2 heterocycles. The van der Waals surface area contributed by atoms with Gasteiger partial charge in [0.15, 0.2) is 12.2 Å². The number of oxazole rings is 1. The van der Waals surface area contributed by atoms with E-state index < -0.39 is 11.9 Å². The van der Waals surface area contributed by atoms with Crippen molar-refractivity contribution < 1.29 is 22.4 Å². The quantitative estimate of drug-likeness (QED) is 0.945. The first-order chi connectivity index (χ1) is 9.93. The van der Waals surface area contributed by atoms with Gasteiger partial charge in [0.2, 0.25) is 5.91 Å². The predicted molar refractivity (Wildman–Crippen MR) is 66.1 cm³/mol. The molecule has 0 radical (unpaired) electrons. The zero-order valence-corrected chi connectivity index (χ0v) is 10.6. The first kappa shape index (κ1) is 13.6. The fourth-order valence-electron chi connectivity index (χ4n) is 1.81. The number of amides is 1. The first-order valence-electron chi connectivity index (χ1n) is 6.22. The number of pyridine rings is 1. The van der Waals surface area contributed by atoms with Crippen LogP contribution in [0, 0.1) is 5.92 Å². The van der Waals surface area contributed by atoms with Crippen LogP contribution in [0.2, 0.25) is 0 Å². The van der Waals surface area contributed by atoms with Crippen LogP contribution in [0.3, 0.4) is 0 Å². The third kappa shape index (κ3) is 3.04. The molecule has 1 aliphatic rings. The highest BCUT2D eigenvalue weighted by Crippen LogP contribution is 2.34. The number of hydrogen-bond donors (Lipinski definition) is 1. The molecule has 1 amide bonds. The van der Waals surface area contributed by atoms with Crippen molar-refractivity contribution in [2.45, 2.75) is 19.0 Å². The van der Waals surface area contributed by atoms with Crippen molar-refractivity contribution in [3.05, 3.63) is 30.4 Å². The summed E-state index contributed by atoms with van der Waals surface area (Å²) in [5.41, 5.74) is -0.941. The summed E-state index contributed by atoms with van der Waals surface area (Å²) in [7, 11) is 0. The van der Waals surface area contributed by atoms with Gasteiger partial charge in [0.05, 0.1) is 6.20 Å². The molecule has 0 bridgehead atoms. The lowest BCUT2D eigenvalue weighted by molar-refractivity contribution is -0.141. The third-order valence-electron chi connectivity index (χ3n) is 3.03. The molecule has 110 valence electrons. The van der Waals surface area contributed by atoms with Gasteiger partial charge in [-0.3, -0.25) is 4.79 Å². The molecular formula is C13H10F3N3O2. The maximum absolute atomic E-state index is 12.9. The zero-order valence-electron chi connectivity index (χ0n) is 10.6. The van der Waals surface area contributed by atoms with E-state index in [1.54, 1.807) is 0 Å². The van der Waals surface area contributed by atoms with E-state index in [0.717, 1.165) is 25.3 Å². The minimum Gasteiger partial charge on any atom is -0.444 e. The molecule has 3 rings (SSSR count). The molecule has 0 saturated heterocycles. The smallest absolute Gasteiger partial charge is 0.433 e. The molecule has 1 aliphatic carbocycles. The Kier molecular flexibility index (Phi) is 3.15. The van der Waals surface area contributed by atoms with Gasteiger partial charge >= 0.3 is 6.18 Å². The fraction of sp³-hybridized carbons (Fsp3) is 0.308. The summed E-state index contributed by atoms with van der Waals surface area (Å²) in [6.45, 7) is 0. The molecular weight excluding hydrogens is 287 g/mol. The van der Waals surface area contributed by atoms with E-state index >= 15 is 0 Å². The van der Waals surface area contributed by atoms with Crippen molar-refractivity contribution >= 4 is 11.7 Å². The normalized spacial score (nSPS) is 15.0. The molecule has 0 aliphatic heterocycles. The topological polar surface area (TPSA) is 68.0 Å². The molecule has 21 heavy (non-hydrogen) atoms. The Morgan fingerprint density at radius 3 is 2.67 bits per heavy atom. The number of anilines is 1. The van der Waals surface area contributed by atoms with E-state index in [-0.39, 0.29) is 29.0 Å². The monoisotopic (exact) mass is 297 g/mol. The Balaban J connectivity index is 1.98. The van der Waals surface area contributed by atoms with E-state index in [9.17, 15) is 18.0 Å². The van der Waals surface area contributed by atoms with E-state index in [1.807, 2.05) is 0 Å². The minimum atomic E-state index is -4.62. The summed E-state index contributed by atoms with van der Waals surface area (Å²) in [5, 5.41) is 2.41. The Bertz CT molecular complexity index is 664. The number of alkyl halides is 3. The SMILES string of the molecule is O=C(Nc1cc(-c2cnco2)cc(C(F)(F)F)n1)C1CC1. The van der Waals surface area contributed by atoms with Crippen molar-refractivity contribution in [2.75, 3.05) is 5.32 Å². The maximum Gasteiger partial charge on any atom is 0.433 e. The summed E-state index contributed by atoms with van der Waals surface area (Å²) >= 11 is 0. The number of rotatable bonds is 3. The molecule has 2 aromatic heterocycles. The highest BCUT2D eigenvalue weighted by Gasteiger charge is 2.34. The number of carbonyl (C=O) groups excluding carboxylic acids is 1. The number of halogens is 3. The summed E-state index contributed by atoms with van der Waals surface area (Å²) < 4.78 is 43.6. The van der Waals surface area contributed by atoms with Crippen LogP contribution < -0.4 is 5.32 Å². The van der Waals surface area contributed by atoms with Gasteiger partial charge < -0.3 is 9.73 Å². The minimum absolute atomic E-state index is 0.130. The Morgan fingerprint density at radius 2 is 2.10 bits per heavy atom. The van der Waals surface area contributed by atoms with Gasteiger partial charge in [-0.2, -0.15) is 13.2 Å². The second-order valence-electron chi connectivity index (χ2n) is 4.75. The highest BCUT2D eigenvalue weighted by atomic mass is 19.4. The lowest BCUT2D eigenvalue weighted by Gasteiger charge is -2.11. The van der Waals surface area contributed by atoms with Crippen molar-refractivity contribution in [3.8, 4) is 11.3 Å². The van der Waals surface area contributed by atoms with Crippen LogP contribution in [-0.4, -0.2) is 15.9 Å². The molecule has 5 nitrogen and oxygen atoms in total. The molecule has 0 atom stereocenters. The second-order valence-corrected chi connectivity index (χ2v) is 4.75. The van der Waals surface area contributed by atoms with E-state index in [2.05, 4.69) is 15.3 Å². The number of nitrogens with zero attached hydrogens (tertiary/aromatic N) is 2. The number of hydrogen-bond acceptors (Lipinski definition) is 4. The van der Waals surface area contributed by atoms with Gasteiger partial charge in [-0.05, 0) is 25.0 Å². The van der Waals surface area contributed by atoms with Crippen LogP contribution in [-0.2, 0) is 11.0 Å². The van der Waals surface area contributed by atoms with Crippen molar-refractivity contribution in [1.29, 1.82) is 0 Å². The van der Waals surface area contributed by atoms with Crippen molar-refractivity contribution in [1.82, 2.24) is 9.97 Å².